The average Bonchev–Trinajstić information content (AvgIpc) is 2.88. The van der Waals surface area contributed by atoms with Crippen LogP contribution in [0.2, 0.25) is 0 Å². The van der Waals surface area contributed by atoms with Crippen molar-refractivity contribution in [3.8, 4) is 11.5 Å². The van der Waals surface area contributed by atoms with Gasteiger partial charge in [-0.3, -0.25) is 14.5 Å². The molecule has 2 N–H and O–H groups in total. The Morgan fingerprint density at radius 3 is 2.67 bits per heavy atom. The third-order valence-electron chi connectivity index (χ3n) is 3.41. The lowest BCUT2D eigenvalue weighted by Gasteiger charge is -2.12. The van der Waals surface area contributed by atoms with Gasteiger partial charge < -0.3 is 24.6 Å². The van der Waals surface area contributed by atoms with Gasteiger partial charge >= 0.3 is 11.9 Å². The summed E-state index contributed by atoms with van der Waals surface area (Å²) >= 11 is 5.07. The second kappa shape index (κ2) is 8.99. The van der Waals surface area contributed by atoms with Crippen molar-refractivity contribution in [2.24, 2.45) is 0 Å². The van der Waals surface area contributed by atoms with Gasteiger partial charge in [0.15, 0.2) is 23.2 Å². The van der Waals surface area contributed by atoms with Crippen molar-refractivity contribution >= 4 is 41.3 Å². The number of ether oxygens (including phenoxy) is 3. The summed E-state index contributed by atoms with van der Waals surface area (Å²) in [5.41, 5.74) is 0.783. The number of nitrogens with zero attached hydrogens (tertiary/aromatic N) is 1. The lowest BCUT2D eigenvalue weighted by molar-refractivity contribution is -0.143. The van der Waals surface area contributed by atoms with E-state index in [4.69, 9.17) is 26.8 Å². The summed E-state index contributed by atoms with van der Waals surface area (Å²) in [6.07, 6.45) is 1.54. The van der Waals surface area contributed by atoms with Crippen LogP contribution in [0.15, 0.2) is 23.9 Å². The molecule has 9 nitrogen and oxygen atoms in total. The van der Waals surface area contributed by atoms with Gasteiger partial charge in [0.2, 0.25) is 0 Å². The number of carbonyl (C=O) groups excluding carboxylic acids is 2. The van der Waals surface area contributed by atoms with Crippen LogP contribution in [0.4, 0.5) is 0 Å². The molecule has 0 unspecified atom stereocenters. The smallest absolute Gasteiger partial charge is 0.341 e. The molecule has 0 atom stereocenters. The fourth-order valence-electron chi connectivity index (χ4n) is 2.22. The predicted octanol–water partition coefficient (Wildman–Crippen LogP) is 0.779. The highest BCUT2D eigenvalue weighted by molar-refractivity contribution is 7.80. The Kier molecular flexibility index (Phi) is 6.72. The van der Waals surface area contributed by atoms with E-state index in [1.165, 1.54) is 13.2 Å². The summed E-state index contributed by atoms with van der Waals surface area (Å²) < 4.78 is 15.2. The molecular formula is C17H18N2O7S. The largest absolute Gasteiger partial charge is 0.490 e. The van der Waals surface area contributed by atoms with E-state index in [0.29, 0.717) is 17.9 Å². The maximum atomic E-state index is 12.4. The van der Waals surface area contributed by atoms with Crippen LogP contribution in [0.1, 0.15) is 12.5 Å². The Balaban J connectivity index is 2.23. The number of carboxylic acids is 1. The van der Waals surface area contributed by atoms with Crippen LogP contribution >= 0.6 is 12.2 Å². The Morgan fingerprint density at radius 1 is 1.30 bits per heavy atom. The molecule has 1 aromatic carbocycles. The van der Waals surface area contributed by atoms with E-state index in [1.54, 1.807) is 25.1 Å². The molecule has 2 rings (SSSR count). The number of hydrogen-bond acceptors (Lipinski definition) is 7. The summed E-state index contributed by atoms with van der Waals surface area (Å²) in [6.45, 7) is 1.33. The number of rotatable bonds is 8. The van der Waals surface area contributed by atoms with Crippen LogP contribution in [-0.2, 0) is 19.1 Å². The first-order valence-electron chi connectivity index (χ1n) is 7.88. The molecule has 1 heterocycles. The number of thiocarbonyl (C=S) groups is 1. The lowest BCUT2D eigenvalue weighted by Crippen LogP contribution is -2.35. The van der Waals surface area contributed by atoms with Gasteiger partial charge in [-0.2, -0.15) is 0 Å². The van der Waals surface area contributed by atoms with Crippen molar-refractivity contribution in [2.45, 2.75) is 6.92 Å². The molecule has 0 aromatic heterocycles. The Bertz CT molecular complexity index is 806. The highest BCUT2D eigenvalue weighted by atomic mass is 32.1. The normalized spacial score (nSPS) is 14.9. The van der Waals surface area contributed by atoms with Crippen LogP contribution in [-0.4, -0.2) is 59.8 Å². The third-order valence-corrected chi connectivity index (χ3v) is 3.73. The molecule has 1 fully saturated rings. The predicted molar refractivity (Wildman–Crippen MR) is 98.2 cm³/mol. The zero-order chi connectivity index (χ0) is 20.0. The van der Waals surface area contributed by atoms with E-state index in [-0.39, 0.29) is 23.1 Å². The molecule has 10 heteroatoms. The SMILES string of the molecule is CCOc1cc(/C=C2\NC(=S)N(CC(=O)OC)C2=O)ccc1OCC(=O)O. The first-order valence-corrected chi connectivity index (χ1v) is 8.29. The van der Waals surface area contributed by atoms with Gasteiger partial charge in [-0.1, -0.05) is 6.07 Å². The van der Waals surface area contributed by atoms with Crippen molar-refractivity contribution in [1.29, 1.82) is 0 Å². The number of methoxy groups -OCH3 is 1. The first kappa shape index (κ1) is 20.2. The van der Waals surface area contributed by atoms with Crippen LogP contribution in [0.3, 0.4) is 0 Å². The number of amides is 1. The number of nitrogens with one attached hydrogen (secondary N) is 1. The minimum Gasteiger partial charge on any atom is -0.490 e. The minimum absolute atomic E-state index is 0.100. The molecular weight excluding hydrogens is 376 g/mol. The number of hydrogen-bond donors (Lipinski definition) is 2. The molecule has 1 saturated heterocycles. The number of carboxylic acid groups (broad SMARTS) is 1. The number of aliphatic carboxylic acids is 1. The van der Waals surface area contributed by atoms with Crippen LogP contribution in [0, 0.1) is 0 Å². The standard InChI is InChI=1S/C17H18N2O7S/c1-3-25-13-7-10(4-5-12(13)26-9-14(20)21)6-11-16(23)19(17(27)18-11)8-15(22)24-2/h4-7H,3,8-9H2,1-2H3,(H,18,27)(H,20,21)/b11-6-. The van der Waals surface area contributed by atoms with E-state index >= 15 is 0 Å². The van der Waals surface area contributed by atoms with E-state index in [9.17, 15) is 14.4 Å². The summed E-state index contributed by atoms with van der Waals surface area (Å²) in [7, 11) is 1.22. The van der Waals surface area contributed by atoms with Crippen molar-refractivity contribution in [1.82, 2.24) is 10.2 Å². The Labute approximate surface area is 160 Å². The third kappa shape index (κ3) is 5.17. The lowest BCUT2D eigenvalue weighted by atomic mass is 10.1. The Morgan fingerprint density at radius 2 is 2.04 bits per heavy atom. The first-order chi connectivity index (χ1) is 12.8. The topological polar surface area (TPSA) is 114 Å². The maximum Gasteiger partial charge on any atom is 0.341 e. The van der Waals surface area contributed by atoms with Crippen LogP contribution in [0.25, 0.3) is 6.08 Å². The number of benzene rings is 1. The van der Waals surface area contributed by atoms with E-state index in [2.05, 4.69) is 10.1 Å². The maximum absolute atomic E-state index is 12.4. The second-order valence-corrected chi connectivity index (χ2v) is 5.66. The zero-order valence-electron chi connectivity index (χ0n) is 14.7. The molecule has 144 valence electrons. The zero-order valence-corrected chi connectivity index (χ0v) is 15.5. The molecule has 0 radical (unpaired) electrons. The molecule has 0 bridgehead atoms. The molecule has 1 aliphatic heterocycles. The molecule has 27 heavy (non-hydrogen) atoms. The van der Waals surface area contributed by atoms with Gasteiger partial charge in [0, 0.05) is 0 Å². The van der Waals surface area contributed by atoms with Crippen molar-refractivity contribution in [2.75, 3.05) is 26.9 Å². The summed E-state index contributed by atoms with van der Waals surface area (Å²) in [6, 6.07) is 4.78. The molecule has 1 aliphatic rings. The van der Waals surface area contributed by atoms with Gasteiger partial charge in [0.05, 0.1) is 13.7 Å². The monoisotopic (exact) mass is 394 g/mol. The highest BCUT2D eigenvalue weighted by Gasteiger charge is 2.32. The van der Waals surface area contributed by atoms with Gasteiger partial charge in [-0.25, -0.2) is 4.79 Å². The van der Waals surface area contributed by atoms with Gasteiger partial charge in [-0.15, -0.1) is 0 Å². The fourth-order valence-corrected chi connectivity index (χ4v) is 2.47. The van der Waals surface area contributed by atoms with E-state index in [1.807, 2.05) is 0 Å². The molecule has 1 aromatic rings. The summed E-state index contributed by atoms with van der Waals surface area (Å²) in [5.74, 6) is -1.55. The van der Waals surface area contributed by atoms with Crippen LogP contribution in [0.5, 0.6) is 11.5 Å². The van der Waals surface area contributed by atoms with Gasteiger partial charge in [0.25, 0.3) is 5.91 Å². The molecule has 0 spiro atoms. The second-order valence-electron chi connectivity index (χ2n) is 5.28. The van der Waals surface area contributed by atoms with Crippen molar-refractivity contribution < 1.29 is 33.7 Å². The fraction of sp³-hybridized carbons (Fsp3) is 0.294. The van der Waals surface area contributed by atoms with Gasteiger partial charge in [-0.05, 0) is 42.9 Å². The van der Waals surface area contributed by atoms with Crippen LogP contribution < -0.4 is 14.8 Å². The van der Waals surface area contributed by atoms with Crippen molar-refractivity contribution in [3.05, 3.63) is 29.5 Å². The quantitative estimate of drug-likeness (QED) is 0.375. The van der Waals surface area contributed by atoms with Gasteiger partial charge in [0.1, 0.15) is 12.2 Å². The average molecular weight is 394 g/mol. The van der Waals surface area contributed by atoms with E-state index in [0.717, 1.165) is 4.90 Å². The number of esters is 1. The number of carbonyl (C=O) groups is 3. The molecule has 1 amide bonds. The summed E-state index contributed by atoms with van der Waals surface area (Å²) in [5, 5.41) is 11.6. The highest BCUT2D eigenvalue weighted by Crippen LogP contribution is 2.29. The molecule has 0 saturated carbocycles. The summed E-state index contributed by atoms with van der Waals surface area (Å²) in [4.78, 5) is 35.6. The molecule has 0 aliphatic carbocycles. The minimum atomic E-state index is -1.11. The van der Waals surface area contributed by atoms with Crippen molar-refractivity contribution in [3.63, 3.8) is 0 Å². The van der Waals surface area contributed by atoms with E-state index < -0.39 is 24.5 Å². The Hall–Kier alpha value is -3.14.